The number of aliphatic hydroxyl groups excluding tert-OH is 1. The van der Waals surface area contributed by atoms with E-state index in [2.05, 4.69) is 21.1 Å². The van der Waals surface area contributed by atoms with Crippen LogP contribution in [0.1, 0.15) is 82.3 Å². The largest absolute Gasteiger partial charge is 0.512 e. The van der Waals surface area contributed by atoms with E-state index < -0.39 is 22.8 Å². The van der Waals surface area contributed by atoms with Gasteiger partial charge in [0.25, 0.3) is 5.78 Å². The molecule has 8 nitrogen and oxygen atoms in total. The number of carbonyl (C=O) groups excluding carboxylic acids is 1. The van der Waals surface area contributed by atoms with E-state index in [0.717, 1.165) is 36.8 Å². The fraction of sp³-hybridized carbons (Fsp3) is 0.500. The van der Waals surface area contributed by atoms with Crippen LogP contribution in [0.3, 0.4) is 0 Å². The van der Waals surface area contributed by atoms with E-state index in [4.69, 9.17) is 4.74 Å². The van der Waals surface area contributed by atoms with Crippen molar-refractivity contribution in [3.8, 4) is 6.07 Å². The Balaban J connectivity index is 0.00000353. The summed E-state index contributed by atoms with van der Waals surface area (Å²) in [6.45, 7) is 5.28. The number of cyclic esters (lactones) is 1. The van der Waals surface area contributed by atoms with E-state index in [1.807, 2.05) is 13.0 Å². The van der Waals surface area contributed by atoms with Gasteiger partial charge in [-0.05, 0) is 69.6 Å². The first-order chi connectivity index (χ1) is 18.1. The molecule has 1 saturated carbocycles. The average molecular weight is 534 g/mol. The molecular weight excluding hydrogens is 497 g/mol. The molecule has 1 N–H and O–H groups in total. The topological polar surface area (TPSA) is 113 Å². The third-order valence-corrected chi connectivity index (χ3v) is 7.98. The number of halogens is 1. The second kappa shape index (κ2) is 10.8. The molecule has 1 unspecified atom stereocenters. The van der Waals surface area contributed by atoms with Gasteiger partial charge < -0.3 is 9.84 Å². The second-order valence-electron chi connectivity index (χ2n) is 11.2. The molecule has 39 heavy (non-hydrogen) atoms. The highest BCUT2D eigenvalue weighted by Crippen LogP contribution is 2.46. The molecule has 1 fully saturated rings. The van der Waals surface area contributed by atoms with Crippen LogP contribution in [0, 0.1) is 30.0 Å². The van der Waals surface area contributed by atoms with E-state index in [1.54, 1.807) is 36.8 Å². The lowest BCUT2D eigenvalue weighted by molar-refractivity contribution is -0.167. The van der Waals surface area contributed by atoms with Crippen LogP contribution in [-0.2, 0) is 27.8 Å². The van der Waals surface area contributed by atoms with Crippen molar-refractivity contribution in [2.75, 3.05) is 0 Å². The summed E-state index contributed by atoms with van der Waals surface area (Å²) in [6.07, 6.45) is 8.63. The van der Waals surface area contributed by atoms with Crippen molar-refractivity contribution in [3.05, 3.63) is 70.3 Å². The molecule has 9 heteroatoms. The van der Waals surface area contributed by atoms with Crippen molar-refractivity contribution >= 4 is 11.7 Å². The number of aryl methyl sites for hydroxylation is 2. The Hall–Kier alpha value is -3.80. The fourth-order valence-corrected chi connectivity index (χ4v) is 5.78. The lowest BCUT2D eigenvalue weighted by atomic mass is 9.76. The maximum absolute atomic E-state index is 14.9. The summed E-state index contributed by atoms with van der Waals surface area (Å²) in [6, 6.07) is 7.10. The highest BCUT2D eigenvalue weighted by molar-refractivity contribution is 5.90. The van der Waals surface area contributed by atoms with Crippen molar-refractivity contribution in [2.45, 2.75) is 90.6 Å². The molecule has 2 aromatic heterocycles. The van der Waals surface area contributed by atoms with Gasteiger partial charge in [0.15, 0.2) is 5.82 Å². The quantitative estimate of drug-likeness (QED) is 0.378. The summed E-state index contributed by atoms with van der Waals surface area (Å²) in [5, 5.41) is 24.9. The first-order valence-electron chi connectivity index (χ1n) is 13.1. The molecule has 206 valence electrons. The van der Waals surface area contributed by atoms with Gasteiger partial charge >= 0.3 is 5.97 Å². The van der Waals surface area contributed by atoms with Crippen LogP contribution in [0.5, 0.6) is 0 Å². The summed E-state index contributed by atoms with van der Waals surface area (Å²) >= 11 is 0. The highest BCUT2D eigenvalue weighted by Gasteiger charge is 2.48. The number of fused-ring (bicyclic) bond motifs is 1. The van der Waals surface area contributed by atoms with Crippen molar-refractivity contribution in [2.24, 2.45) is 5.92 Å². The fourth-order valence-electron chi connectivity index (χ4n) is 5.78. The van der Waals surface area contributed by atoms with E-state index >= 15 is 0 Å². The van der Waals surface area contributed by atoms with Crippen LogP contribution in [-0.4, -0.2) is 36.3 Å². The Morgan fingerprint density at radius 1 is 1.31 bits per heavy atom. The smallest absolute Gasteiger partial charge is 0.338 e. The molecule has 1 aliphatic carbocycles. The first-order valence-corrected chi connectivity index (χ1v) is 13.1. The molecule has 2 aliphatic rings. The van der Waals surface area contributed by atoms with Gasteiger partial charge in [-0.2, -0.15) is 10.2 Å². The first kappa shape index (κ1) is 28.2. The second-order valence-corrected chi connectivity index (χ2v) is 11.2. The van der Waals surface area contributed by atoms with E-state index in [9.17, 15) is 19.6 Å². The lowest BCUT2D eigenvalue weighted by Gasteiger charge is -2.41. The zero-order valence-corrected chi connectivity index (χ0v) is 22.0. The number of rotatable bonds is 7. The number of aromatic nitrogens is 4. The Bertz CT molecular complexity index is 1460. The minimum absolute atomic E-state index is 0. The number of aliphatic hydroxyl groups is 1. The summed E-state index contributed by atoms with van der Waals surface area (Å²) in [4.78, 5) is 21.9. The van der Waals surface area contributed by atoms with Gasteiger partial charge in [0.2, 0.25) is 0 Å². The zero-order chi connectivity index (χ0) is 27.1. The summed E-state index contributed by atoms with van der Waals surface area (Å²) < 4.78 is 22.6. The maximum Gasteiger partial charge on any atom is 0.338 e. The van der Waals surface area contributed by atoms with Crippen LogP contribution >= 0.6 is 0 Å². The average Bonchev–Trinajstić information content (AvgIpc) is 3.55. The molecule has 0 saturated heterocycles. The van der Waals surface area contributed by atoms with Crippen LogP contribution in [0.15, 0.2) is 41.9 Å². The van der Waals surface area contributed by atoms with Crippen molar-refractivity contribution < 1.29 is 19.0 Å². The summed E-state index contributed by atoms with van der Waals surface area (Å²) in [7, 11) is 0. The predicted molar refractivity (Wildman–Crippen MR) is 144 cm³/mol. The van der Waals surface area contributed by atoms with E-state index in [1.165, 1.54) is 6.07 Å². The Morgan fingerprint density at radius 2 is 2.05 bits per heavy atom. The SMILES string of the molecule is C.Cc1cnc2nc(CC3=C(O)CC(CCc4ccc(C(C)(C)C#N)c(F)c4)(C4CCCC4)OC3=O)nn2c1. The Labute approximate surface area is 228 Å². The minimum atomic E-state index is -0.926. The van der Waals surface area contributed by atoms with Gasteiger partial charge in [0.05, 0.1) is 17.1 Å². The molecule has 0 amide bonds. The predicted octanol–water partition coefficient (Wildman–Crippen LogP) is 5.87. The molecule has 1 atom stereocenters. The number of nitrogens with zero attached hydrogens (tertiary/aromatic N) is 5. The van der Waals surface area contributed by atoms with Gasteiger partial charge in [0.1, 0.15) is 17.2 Å². The van der Waals surface area contributed by atoms with Crippen LogP contribution < -0.4 is 0 Å². The summed E-state index contributed by atoms with van der Waals surface area (Å²) in [5.74, 6) is -0.0386. The highest BCUT2D eigenvalue weighted by atomic mass is 19.1. The van der Waals surface area contributed by atoms with Gasteiger partial charge in [-0.3, -0.25) is 0 Å². The van der Waals surface area contributed by atoms with Crippen LogP contribution in [0.2, 0.25) is 0 Å². The molecular formula is C30H36FN5O3. The molecule has 1 aliphatic heterocycles. The van der Waals surface area contributed by atoms with Gasteiger partial charge in [-0.25, -0.2) is 18.7 Å². The minimum Gasteiger partial charge on any atom is -0.512 e. The van der Waals surface area contributed by atoms with Crippen LogP contribution in [0.25, 0.3) is 5.78 Å². The molecule has 5 rings (SSSR count). The van der Waals surface area contributed by atoms with E-state index in [-0.39, 0.29) is 37.5 Å². The monoisotopic (exact) mass is 533 g/mol. The van der Waals surface area contributed by atoms with Gasteiger partial charge in [-0.1, -0.05) is 32.4 Å². The number of carbonyl (C=O) groups is 1. The van der Waals surface area contributed by atoms with Gasteiger partial charge in [0, 0.05) is 30.8 Å². The third kappa shape index (κ3) is 5.51. The number of ether oxygens (including phenoxy) is 1. The van der Waals surface area contributed by atoms with Crippen molar-refractivity contribution in [1.82, 2.24) is 19.6 Å². The number of benzene rings is 1. The van der Waals surface area contributed by atoms with E-state index in [0.29, 0.717) is 30.0 Å². The molecule has 0 bridgehead atoms. The van der Waals surface area contributed by atoms with Crippen molar-refractivity contribution in [1.29, 1.82) is 5.26 Å². The number of nitriles is 1. The van der Waals surface area contributed by atoms with Gasteiger partial charge in [-0.15, -0.1) is 5.10 Å². The number of hydrogen-bond acceptors (Lipinski definition) is 7. The molecule has 3 heterocycles. The lowest BCUT2D eigenvalue weighted by Crippen LogP contribution is -2.46. The Kier molecular flexibility index (Phi) is 7.78. The molecule has 0 radical (unpaired) electrons. The molecule has 0 spiro atoms. The zero-order valence-electron chi connectivity index (χ0n) is 22.0. The van der Waals surface area contributed by atoms with Crippen molar-refractivity contribution in [3.63, 3.8) is 0 Å². The third-order valence-electron chi connectivity index (χ3n) is 7.98. The summed E-state index contributed by atoms with van der Waals surface area (Å²) in [5.41, 5.74) is 0.435. The normalized spacial score (nSPS) is 20.1. The molecule has 1 aromatic carbocycles. The number of esters is 1. The Morgan fingerprint density at radius 3 is 2.72 bits per heavy atom. The maximum atomic E-state index is 14.9. The standard InChI is InChI=1S/C29H32FN5O3.CH4/c1-18-15-32-27-33-25(34-35(27)16-18)13-21-24(36)14-29(38-26(21)37,20-6-4-5-7-20)11-10-19-8-9-22(23(30)12-19)28(2,3)17-31;/h8-9,12,15-16,20,36H,4-7,10-11,13-14H2,1-3H3;1H4. The molecule has 3 aromatic rings. The number of hydrogen-bond donors (Lipinski definition) is 1. The van der Waals surface area contributed by atoms with Crippen LogP contribution in [0.4, 0.5) is 4.39 Å².